The van der Waals surface area contributed by atoms with Crippen LogP contribution in [0.5, 0.6) is 0 Å². The maximum atomic E-state index is 13.5. The Morgan fingerprint density at radius 3 is 2.84 bits per heavy atom. The molecule has 1 amide bonds. The minimum Gasteiger partial charge on any atom is -0.328 e. The first-order valence-corrected chi connectivity index (χ1v) is 5.90. The van der Waals surface area contributed by atoms with Gasteiger partial charge in [0.1, 0.15) is 0 Å². The predicted molar refractivity (Wildman–Crippen MR) is 69.2 cm³/mol. The molecule has 3 N–H and O–H groups in total. The van der Waals surface area contributed by atoms with E-state index in [0.717, 1.165) is 12.1 Å². The zero-order chi connectivity index (χ0) is 14.4. The van der Waals surface area contributed by atoms with E-state index in [9.17, 15) is 19.3 Å². The second-order valence-electron chi connectivity index (χ2n) is 4.31. The first-order valence-electron chi connectivity index (χ1n) is 5.90. The number of anilines is 1. The molecule has 0 spiro atoms. The molecule has 0 heterocycles. The van der Waals surface area contributed by atoms with Crippen LogP contribution < -0.4 is 11.1 Å². The number of halogens is 1. The van der Waals surface area contributed by atoms with Crippen molar-refractivity contribution < 1.29 is 14.1 Å². The Kier molecular flexibility index (Phi) is 5.37. The van der Waals surface area contributed by atoms with E-state index in [1.807, 2.05) is 6.92 Å². The third kappa shape index (κ3) is 4.63. The minimum absolute atomic E-state index is 0.0180. The van der Waals surface area contributed by atoms with Gasteiger partial charge >= 0.3 is 0 Å². The van der Waals surface area contributed by atoms with E-state index in [-0.39, 0.29) is 12.5 Å². The lowest BCUT2D eigenvalue weighted by atomic mass is 10.1. The molecule has 0 fully saturated rings. The molecular weight excluding hydrogens is 253 g/mol. The molecule has 1 aromatic carbocycles. The van der Waals surface area contributed by atoms with Gasteiger partial charge in [0.2, 0.25) is 5.91 Å². The predicted octanol–water partition coefficient (Wildman–Crippen LogP) is 2.19. The molecule has 0 aliphatic heterocycles. The van der Waals surface area contributed by atoms with Gasteiger partial charge in [-0.05, 0) is 25.8 Å². The molecule has 19 heavy (non-hydrogen) atoms. The number of nitrogens with two attached hydrogens (primary N) is 1. The van der Waals surface area contributed by atoms with Crippen LogP contribution in [-0.4, -0.2) is 16.9 Å². The van der Waals surface area contributed by atoms with Crippen LogP contribution in [0.25, 0.3) is 0 Å². The summed E-state index contributed by atoms with van der Waals surface area (Å²) in [5.74, 6) is -1.29. The fraction of sp³-hybridized carbons (Fsp3) is 0.417. The van der Waals surface area contributed by atoms with Crippen LogP contribution in [-0.2, 0) is 4.79 Å². The van der Waals surface area contributed by atoms with Gasteiger partial charge in [0.15, 0.2) is 11.5 Å². The van der Waals surface area contributed by atoms with E-state index >= 15 is 0 Å². The van der Waals surface area contributed by atoms with Gasteiger partial charge in [0, 0.05) is 18.5 Å². The Hall–Kier alpha value is -2.02. The maximum absolute atomic E-state index is 13.5. The van der Waals surface area contributed by atoms with Crippen molar-refractivity contribution in [3.63, 3.8) is 0 Å². The van der Waals surface area contributed by atoms with Crippen molar-refractivity contribution in [1.82, 2.24) is 0 Å². The Morgan fingerprint density at radius 1 is 1.58 bits per heavy atom. The summed E-state index contributed by atoms with van der Waals surface area (Å²) in [6.45, 7) is 1.82. The molecule has 0 bridgehead atoms. The van der Waals surface area contributed by atoms with Crippen molar-refractivity contribution in [2.45, 2.75) is 32.2 Å². The fourth-order valence-corrected chi connectivity index (χ4v) is 1.58. The van der Waals surface area contributed by atoms with E-state index in [0.29, 0.717) is 12.8 Å². The number of hydrogen-bond acceptors (Lipinski definition) is 4. The Balaban J connectivity index is 2.71. The SMILES string of the molecule is CC(N)CCCC(=O)Nc1c(F)cccc1[N+](=O)[O-]. The molecule has 0 radical (unpaired) electrons. The summed E-state index contributed by atoms with van der Waals surface area (Å²) in [5, 5.41) is 13.0. The van der Waals surface area contributed by atoms with Gasteiger partial charge in [0.25, 0.3) is 5.69 Å². The molecule has 0 saturated heterocycles. The standard InChI is InChI=1S/C12H16FN3O3/c1-8(14)4-2-7-11(17)15-12-9(13)5-3-6-10(12)16(18)19/h3,5-6,8H,2,4,7,14H2,1H3,(H,15,17). The van der Waals surface area contributed by atoms with E-state index in [1.54, 1.807) is 0 Å². The average molecular weight is 269 g/mol. The fourth-order valence-electron chi connectivity index (χ4n) is 1.58. The second kappa shape index (κ2) is 6.79. The van der Waals surface area contributed by atoms with Crippen molar-refractivity contribution in [2.75, 3.05) is 5.32 Å². The smallest absolute Gasteiger partial charge is 0.295 e. The normalized spacial score (nSPS) is 11.9. The van der Waals surface area contributed by atoms with Crippen LogP contribution in [0.4, 0.5) is 15.8 Å². The quantitative estimate of drug-likeness (QED) is 0.610. The highest BCUT2D eigenvalue weighted by Gasteiger charge is 2.19. The molecule has 0 aliphatic rings. The molecule has 6 nitrogen and oxygen atoms in total. The molecule has 0 saturated carbocycles. The lowest BCUT2D eigenvalue weighted by Crippen LogP contribution is -2.17. The van der Waals surface area contributed by atoms with Crippen molar-refractivity contribution in [1.29, 1.82) is 0 Å². The number of nitrogens with zero attached hydrogens (tertiary/aromatic N) is 1. The van der Waals surface area contributed by atoms with Gasteiger partial charge in [-0.3, -0.25) is 14.9 Å². The lowest BCUT2D eigenvalue weighted by molar-refractivity contribution is -0.384. The lowest BCUT2D eigenvalue weighted by Gasteiger charge is -2.07. The molecule has 7 heteroatoms. The first kappa shape index (κ1) is 15.0. The summed E-state index contributed by atoms with van der Waals surface area (Å²) in [6.07, 6.45) is 1.35. The van der Waals surface area contributed by atoms with Crippen molar-refractivity contribution >= 4 is 17.3 Å². The van der Waals surface area contributed by atoms with Crippen LogP contribution >= 0.6 is 0 Å². The number of nitrogens with one attached hydrogen (secondary N) is 1. The molecule has 1 aromatic rings. The number of rotatable bonds is 6. The Bertz CT molecular complexity index is 477. The summed E-state index contributed by atoms with van der Waals surface area (Å²) in [7, 11) is 0. The summed E-state index contributed by atoms with van der Waals surface area (Å²) in [6, 6.07) is 3.40. The number of carbonyl (C=O) groups is 1. The number of benzene rings is 1. The molecule has 104 valence electrons. The van der Waals surface area contributed by atoms with E-state index in [4.69, 9.17) is 5.73 Å². The number of amides is 1. The van der Waals surface area contributed by atoms with Gasteiger partial charge in [-0.25, -0.2) is 4.39 Å². The van der Waals surface area contributed by atoms with Crippen molar-refractivity contribution in [2.24, 2.45) is 5.73 Å². The molecular formula is C12H16FN3O3. The molecule has 1 unspecified atom stereocenters. The summed E-state index contributed by atoms with van der Waals surface area (Å²) >= 11 is 0. The molecule has 0 aromatic heterocycles. The topological polar surface area (TPSA) is 98.3 Å². The van der Waals surface area contributed by atoms with Gasteiger partial charge in [-0.1, -0.05) is 6.07 Å². The van der Waals surface area contributed by atoms with Gasteiger partial charge in [0.05, 0.1) is 4.92 Å². The largest absolute Gasteiger partial charge is 0.328 e. The molecule has 1 rings (SSSR count). The third-order valence-electron chi connectivity index (χ3n) is 2.52. The van der Waals surface area contributed by atoms with Crippen LogP contribution in [0.15, 0.2) is 18.2 Å². The second-order valence-corrected chi connectivity index (χ2v) is 4.31. The zero-order valence-electron chi connectivity index (χ0n) is 10.6. The number of carbonyl (C=O) groups excluding carboxylic acids is 1. The van der Waals surface area contributed by atoms with Crippen molar-refractivity contribution in [3.8, 4) is 0 Å². The maximum Gasteiger partial charge on any atom is 0.295 e. The highest BCUT2D eigenvalue weighted by molar-refractivity contribution is 5.93. The number of nitro benzene ring substituents is 1. The first-order chi connectivity index (χ1) is 8.91. The summed E-state index contributed by atoms with van der Waals surface area (Å²) in [5.41, 5.74) is 4.69. The Labute approximate surface area is 109 Å². The number of hydrogen-bond donors (Lipinski definition) is 2. The molecule has 1 atom stereocenters. The van der Waals surface area contributed by atoms with Crippen LogP contribution in [0.1, 0.15) is 26.2 Å². The van der Waals surface area contributed by atoms with Crippen LogP contribution in [0.2, 0.25) is 0 Å². The van der Waals surface area contributed by atoms with Crippen LogP contribution in [0, 0.1) is 15.9 Å². The number of nitro groups is 1. The van der Waals surface area contributed by atoms with E-state index < -0.39 is 28.0 Å². The summed E-state index contributed by atoms with van der Waals surface area (Å²) in [4.78, 5) is 21.6. The van der Waals surface area contributed by atoms with Gasteiger partial charge in [-0.15, -0.1) is 0 Å². The van der Waals surface area contributed by atoms with Gasteiger partial charge < -0.3 is 11.1 Å². The average Bonchev–Trinajstić information content (AvgIpc) is 2.30. The number of para-hydroxylation sites is 1. The van der Waals surface area contributed by atoms with E-state index in [1.165, 1.54) is 6.07 Å². The van der Waals surface area contributed by atoms with Crippen LogP contribution in [0.3, 0.4) is 0 Å². The Morgan fingerprint density at radius 2 is 2.26 bits per heavy atom. The monoisotopic (exact) mass is 269 g/mol. The highest BCUT2D eigenvalue weighted by atomic mass is 19.1. The summed E-state index contributed by atoms with van der Waals surface area (Å²) < 4.78 is 13.5. The van der Waals surface area contributed by atoms with Crippen molar-refractivity contribution in [3.05, 3.63) is 34.1 Å². The third-order valence-corrected chi connectivity index (χ3v) is 2.52. The van der Waals surface area contributed by atoms with E-state index in [2.05, 4.69) is 5.32 Å². The minimum atomic E-state index is -0.824. The molecule has 0 aliphatic carbocycles. The highest BCUT2D eigenvalue weighted by Crippen LogP contribution is 2.27. The zero-order valence-corrected chi connectivity index (χ0v) is 10.6. The van der Waals surface area contributed by atoms with Gasteiger partial charge in [-0.2, -0.15) is 0 Å².